The van der Waals surface area contributed by atoms with Gasteiger partial charge in [-0.1, -0.05) is 0 Å². The van der Waals surface area contributed by atoms with Gasteiger partial charge in [0.15, 0.2) is 0 Å². The Morgan fingerprint density at radius 2 is 0.500 bits per heavy atom. The second-order valence-electron chi connectivity index (χ2n) is 4.74. The molecular formula is C15H24LaO6. The standard InChI is InChI=1S/3C5H8O2.La/c3*1-4(6)3-5(2)7;/h3*3H2,1-2H3;. The molecule has 0 aliphatic rings. The van der Waals surface area contributed by atoms with Gasteiger partial charge in [0.25, 0.3) is 0 Å². The molecule has 0 spiro atoms. The summed E-state index contributed by atoms with van der Waals surface area (Å²) in [5.41, 5.74) is 0. The van der Waals surface area contributed by atoms with Crippen molar-refractivity contribution < 1.29 is 64.4 Å². The quantitative estimate of drug-likeness (QED) is 0.584. The summed E-state index contributed by atoms with van der Waals surface area (Å²) in [5, 5.41) is 0. The van der Waals surface area contributed by atoms with E-state index in [-0.39, 0.29) is 89.6 Å². The van der Waals surface area contributed by atoms with E-state index in [2.05, 4.69) is 0 Å². The Labute approximate surface area is 159 Å². The van der Waals surface area contributed by atoms with Crippen molar-refractivity contribution in [1.29, 1.82) is 0 Å². The molecule has 0 heterocycles. The smallest absolute Gasteiger partial charge is 0.137 e. The number of hydrogen-bond donors (Lipinski definition) is 0. The van der Waals surface area contributed by atoms with E-state index >= 15 is 0 Å². The zero-order chi connectivity index (χ0) is 17.6. The van der Waals surface area contributed by atoms with Gasteiger partial charge in [-0.25, -0.2) is 0 Å². The number of ketones is 6. The van der Waals surface area contributed by atoms with Gasteiger partial charge < -0.3 is 0 Å². The normalized spacial score (nSPS) is 7.91. The van der Waals surface area contributed by atoms with Crippen molar-refractivity contribution in [1.82, 2.24) is 0 Å². The molecule has 6 nitrogen and oxygen atoms in total. The summed E-state index contributed by atoms with van der Waals surface area (Å²) in [6, 6.07) is 0. The van der Waals surface area contributed by atoms with Crippen LogP contribution in [0.1, 0.15) is 60.8 Å². The van der Waals surface area contributed by atoms with Gasteiger partial charge in [-0.15, -0.1) is 0 Å². The third-order valence-electron chi connectivity index (χ3n) is 1.49. The van der Waals surface area contributed by atoms with E-state index in [1.807, 2.05) is 0 Å². The largest absolute Gasteiger partial charge is 0.300 e. The molecule has 1 radical (unpaired) electrons. The summed E-state index contributed by atoms with van der Waals surface area (Å²) in [7, 11) is 0. The van der Waals surface area contributed by atoms with Crippen molar-refractivity contribution in [2.75, 3.05) is 0 Å². The molecule has 0 fully saturated rings. The Kier molecular flexibility index (Phi) is 24.3. The number of hydrogen-bond acceptors (Lipinski definition) is 6. The molecule has 0 saturated heterocycles. The van der Waals surface area contributed by atoms with Gasteiger partial charge in [-0.05, 0) is 41.5 Å². The summed E-state index contributed by atoms with van der Waals surface area (Å²) in [6.45, 7) is 8.42. The van der Waals surface area contributed by atoms with Gasteiger partial charge in [0.05, 0.1) is 19.3 Å². The number of Topliss-reactive ketones (excluding diaryl/α,β-unsaturated/α-hetero) is 6. The summed E-state index contributed by atoms with van der Waals surface area (Å²) >= 11 is 0. The topological polar surface area (TPSA) is 102 Å². The minimum atomic E-state index is -0.0625. The van der Waals surface area contributed by atoms with Gasteiger partial charge in [0, 0.05) is 35.6 Å². The molecule has 7 heteroatoms. The van der Waals surface area contributed by atoms with E-state index in [9.17, 15) is 28.8 Å². The Balaban J connectivity index is -0.000000108. The number of carbonyl (C=O) groups excluding carboxylic acids is 6. The van der Waals surface area contributed by atoms with Crippen LogP contribution >= 0.6 is 0 Å². The molecule has 0 aromatic rings. The Hall–Kier alpha value is -0.785. The van der Waals surface area contributed by atoms with Crippen molar-refractivity contribution >= 4 is 34.7 Å². The second kappa shape index (κ2) is 18.3. The molecule has 0 aliphatic carbocycles. The predicted octanol–water partition coefficient (Wildman–Crippen LogP) is 1.66. The van der Waals surface area contributed by atoms with E-state index in [0.29, 0.717) is 0 Å². The summed E-state index contributed by atoms with van der Waals surface area (Å²) < 4.78 is 0. The average molecular weight is 439 g/mol. The molecule has 22 heavy (non-hydrogen) atoms. The molecule has 0 aromatic heterocycles. The molecule has 0 bridgehead atoms. The third kappa shape index (κ3) is 50.7. The van der Waals surface area contributed by atoms with Gasteiger partial charge in [-0.3, -0.25) is 28.8 Å². The zero-order valence-electron chi connectivity index (χ0n) is 14.1. The van der Waals surface area contributed by atoms with Gasteiger partial charge in [0.2, 0.25) is 0 Å². The first-order valence-corrected chi connectivity index (χ1v) is 6.35. The van der Waals surface area contributed by atoms with Crippen LogP contribution in [0.3, 0.4) is 0 Å². The fourth-order valence-electron chi connectivity index (χ4n) is 1.05. The fourth-order valence-corrected chi connectivity index (χ4v) is 1.05. The number of carbonyl (C=O) groups is 6. The summed E-state index contributed by atoms with van der Waals surface area (Å²) in [6.07, 6.45) is 0.250. The minimum Gasteiger partial charge on any atom is -0.300 e. The van der Waals surface area contributed by atoms with Crippen LogP contribution in [0.2, 0.25) is 0 Å². The number of rotatable bonds is 6. The summed E-state index contributed by atoms with van der Waals surface area (Å²) in [5.74, 6) is -0.375. The predicted molar refractivity (Wildman–Crippen MR) is 77.9 cm³/mol. The van der Waals surface area contributed by atoms with Crippen molar-refractivity contribution in [3.63, 3.8) is 0 Å². The fraction of sp³-hybridized carbons (Fsp3) is 0.600. The molecule has 0 atom stereocenters. The molecule has 0 rings (SSSR count). The minimum absolute atomic E-state index is 0. The van der Waals surface area contributed by atoms with E-state index in [1.54, 1.807) is 0 Å². The van der Waals surface area contributed by atoms with E-state index in [0.717, 1.165) is 0 Å². The maximum atomic E-state index is 10.0. The first kappa shape index (κ1) is 29.3. The van der Waals surface area contributed by atoms with Gasteiger partial charge in [-0.2, -0.15) is 0 Å². The summed E-state index contributed by atoms with van der Waals surface area (Å²) in [4.78, 5) is 60.2. The average Bonchev–Trinajstić information content (AvgIpc) is 2.10. The van der Waals surface area contributed by atoms with Crippen LogP contribution in [-0.2, 0) is 28.8 Å². The van der Waals surface area contributed by atoms with Crippen LogP contribution < -0.4 is 0 Å². The maximum Gasteiger partial charge on any atom is 0.137 e. The van der Waals surface area contributed by atoms with Gasteiger partial charge in [0.1, 0.15) is 34.7 Å². The van der Waals surface area contributed by atoms with Crippen LogP contribution in [-0.4, -0.2) is 34.7 Å². The Morgan fingerprint density at radius 3 is 0.500 bits per heavy atom. The first-order valence-electron chi connectivity index (χ1n) is 6.35. The van der Waals surface area contributed by atoms with Crippen LogP contribution in [0.25, 0.3) is 0 Å². The second-order valence-corrected chi connectivity index (χ2v) is 4.74. The molecule has 0 saturated carbocycles. The molecule has 0 unspecified atom stereocenters. The maximum absolute atomic E-state index is 10.0. The Morgan fingerprint density at radius 1 is 0.409 bits per heavy atom. The molecular weight excluding hydrogens is 415 g/mol. The molecule has 0 aromatic carbocycles. The SMILES string of the molecule is CC(=O)CC(C)=O.CC(=O)CC(C)=O.CC(=O)CC(C)=O.[La]. The molecule has 0 aliphatic heterocycles. The molecule has 0 amide bonds. The van der Waals surface area contributed by atoms with Crippen LogP contribution in [0, 0.1) is 35.6 Å². The van der Waals surface area contributed by atoms with E-state index in [4.69, 9.17) is 0 Å². The van der Waals surface area contributed by atoms with Crippen molar-refractivity contribution in [2.24, 2.45) is 0 Å². The van der Waals surface area contributed by atoms with Crippen LogP contribution in [0.15, 0.2) is 0 Å². The molecule has 123 valence electrons. The van der Waals surface area contributed by atoms with Crippen molar-refractivity contribution in [3.8, 4) is 0 Å². The van der Waals surface area contributed by atoms with Crippen LogP contribution in [0.5, 0.6) is 0 Å². The van der Waals surface area contributed by atoms with Gasteiger partial charge >= 0.3 is 0 Å². The van der Waals surface area contributed by atoms with Crippen LogP contribution in [0.4, 0.5) is 0 Å². The van der Waals surface area contributed by atoms with E-state index in [1.165, 1.54) is 41.5 Å². The third-order valence-corrected chi connectivity index (χ3v) is 1.49. The van der Waals surface area contributed by atoms with E-state index < -0.39 is 0 Å². The monoisotopic (exact) mass is 439 g/mol. The Bertz CT molecular complexity index is 314. The van der Waals surface area contributed by atoms with Crippen molar-refractivity contribution in [2.45, 2.75) is 60.8 Å². The van der Waals surface area contributed by atoms with Crippen molar-refractivity contribution in [3.05, 3.63) is 0 Å². The molecule has 0 N–H and O–H groups in total. The zero-order valence-corrected chi connectivity index (χ0v) is 17.8. The first-order chi connectivity index (χ1) is 9.38.